The van der Waals surface area contributed by atoms with Crippen molar-refractivity contribution >= 4 is 34.9 Å². The van der Waals surface area contributed by atoms with Gasteiger partial charge >= 0.3 is 0 Å². The fourth-order valence-electron chi connectivity index (χ4n) is 4.64. The molecule has 1 aliphatic rings. The summed E-state index contributed by atoms with van der Waals surface area (Å²) in [7, 11) is 5.86. The molecule has 1 aromatic heterocycles. The van der Waals surface area contributed by atoms with Crippen LogP contribution >= 0.6 is 11.6 Å². The Morgan fingerprint density at radius 3 is 2.50 bits per heavy atom. The zero-order valence-electron chi connectivity index (χ0n) is 22.7. The van der Waals surface area contributed by atoms with E-state index < -0.39 is 0 Å². The number of hydrogen-bond acceptors (Lipinski definition) is 6. The van der Waals surface area contributed by atoms with Crippen molar-refractivity contribution in [3.63, 3.8) is 0 Å². The molecular formula is C31H30ClFN6O. The lowest BCUT2D eigenvalue weighted by atomic mass is 9.95. The maximum Gasteiger partial charge on any atom is 0.253 e. The van der Waals surface area contributed by atoms with Crippen molar-refractivity contribution in [3.8, 4) is 11.3 Å². The van der Waals surface area contributed by atoms with Crippen LogP contribution < -0.4 is 5.32 Å². The van der Waals surface area contributed by atoms with Crippen molar-refractivity contribution in [2.75, 3.05) is 39.5 Å². The van der Waals surface area contributed by atoms with Crippen molar-refractivity contribution in [2.45, 2.75) is 13.0 Å². The molecule has 2 heterocycles. The van der Waals surface area contributed by atoms with E-state index >= 15 is 0 Å². The van der Waals surface area contributed by atoms with Crippen molar-refractivity contribution < 1.29 is 9.18 Å². The standard InChI is InChI=1S/C31H30ClFN6O/c1-38(2)15-6-16-39(3)30(40)20-9-12-23(13-10-20)36-31-35-19-21-18-34-29(25-7-4-5-8-27(25)33)26-17-22(32)11-14-24(26)28(21)37-31/h4-5,7-14,17,19H,6,15-16,18H2,1-3H3,(H,35,36,37). The fraction of sp³-hybridized carbons (Fsp3) is 0.226. The van der Waals surface area contributed by atoms with Gasteiger partial charge < -0.3 is 15.1 Å². The lowest BCUT2D eigenvalue weighted by molar-refractivity contribution is 0.0790. The average Bonchev–Trinajstić information content (AvgIpc) is 3.09. The number of hydrogen-bond donors (Lipinski definition) is 1. The molecule has 0 fully saturated rings. The van der Waals surface area contributed by atoms with Crippen LogP contribution in [-0.2, 0) is 6.54 Å². The molecule has 0 bridgehead atoms. The number of anilines is 2. The second-order valence-corrected chi connectivity index (χ2v) is 10.4. The first-order chi connectivity index (χ1) is 19.3. The number of benzene rings is 3. The van der Waals surface area contributed by atoms with Crippen LogP contribution in [0, 0.1) is 5.82 Å². The van der Waals surface area contributed by atoms with E-state index in [-0.39, 0.29) is 11.7 Å². The van der Waals surface area contributed by atoms with E-state index in [9.17, 15) is 9.18 Å². The highest BCUT2D eigenvalue weighted by molar-refractivity contribution is 6.31. The molecule has 0 aliphatic carbocycles. The number of nitrogens with one attached hydrogen (secondary N) is 1. The fourth-order valence-corrected chi connectivity index (χ4v) is 4.81. The van der Waals surface area contributed by atoms with Gasteiger partial charge in [-0.15, -0.1) is 0 Å². The Bertz CT molecular complexity index is 1570. The average molecular weight is 557 g/mol. The highest BCUT2D eigenvalue weighted by atomic mass is 35.5. The van der Waals surface area contributed by atoms with E-state index in [1.54, 1.807) is 53.6 Å². The molecule has 1 aliphatic heterocycles. The maximum atomic E-state index is 14.8. The molecule has 0 saturated heterocycles. The van der Waals surface area contributed by atoms with Crippen LogP contribution in [0.1, 0.15) is 33.5 Å². The van der Waals surface area contributed by atoms with E-state index in [1.807, 2.05) is 39.3 Å². The number of halogens is 2. The summed E-state index contributed by atoms with van der Waals surface area (Å²) in [4.78, 5) is 30.7. The molecule has 204 valence electrons. The molecule has 0 atom stereocenters. The Hall–Kier alpha value is -4.14. The normalized spacial score (nSPS) is 12.3. The highest BCUT2D eigenvalue weighted by Gasteiger charge is 2.23. The second-order valence-electron chi connectivity index (χ2n) is 9.99. The van der Waals surface area contributed by atoms with Gasteiger partial charge in [-0.2, -0.15) is 0 Å². The van der Waals surface area contributed by atoms with E-state index in [0.29, 0.717) is 52.2 Å². The Morgan fingerprint density at radius 2 is 1.75 bits per heavy atom. The molecular weight excluding hydrogens is 527 g/mol. The third-order valence-corrected chi connectivity index (χ3v) is 6.96. The SMILES string of the molecule is CN(C)CCCN(C)C(=O)c1ccc(Nc2ncc3c(n2)-c2ccc(Cl)cc2C(c2ccccc2F)=NC3)cc1. The van der Waals surface area contributed by atoms with Crippen LogP contribution in [0.4, 0.5) is 16.0 Å². The second kappa shape index (κ2) is 11.9. The van der Waals surface area contributed by atoms with Gasteiger partial charge in [-0.1, -0.05) is 29.8 Å². The smallest absolute Gasteiger partial charge is 0.253 e. The topological polar surface area (TPSA) is 73.7 Å². The molecule has 4 aromatic rings. The van der Waals surface area contributed by atoms with Crippen LogP contribution in [0.5, 0.6) is 0 Å². The van der Waals surface area contributed by atoms with Gasteiger partial charge in [0.25, 0.3) is 5.91 Å². The minimum Gasteiger partial charge on any atom is -0.342 e. The molecule has 3 aromatic carbocycles. The molecule has 9 heteroatoms. The Kier molecular flexibility index (Phi) is 8.19. The van der Waals surface area contributed by atoms with Crippen LogP contribution in [0.15, 0.2) is 77.9 Å². The minimum absolute atomic E-state index is 0.0208. The van der Waals surface area contributed by atoms with Gasteiger partial charge in [-0.05, 0) is 75.6 Å². The van der Waals surface area contributed by atoms with Crippen molar-refractivity contribution in [1.29, 1.82) is 0 Å². The molecule has 0 saturated carbocycles. The number of aliphatic imine (C=N–C) groups is 1. The van der Waals surface area contributed by atoms with E-state index in [2.05, 4.69) is 15.2 Å². The van der Waals surface area contributed by atoms with Crippen molar-refractivity contribution in [3.05, 3.63) is 106 Å². The number of carbonyl (C=O) groups excluding carboxylic acids is 1. The van der Waals surface area contributed by atoms with Gasteiger partial charge in [0, 0.05) is 58.3 Å². The van der Waals surface area contributed by atoms with Gasteiger partial charge in [0.15, 0.2) is 0 Å². The van der Waals surface area contributed by atoms with Crippen LogP contribution in [0.3, 0.4) is 0 Å². The van der Waals surface area contributed by atoms with E-state index in [4.69, 9.17) is 21.6 Å². The molecule has 0 radical (unpaired) electrons. The van der Waals surface area contributed by atoms with E-state index in [1.165, 1.54) is 6.07 Å². The van der Waals surface area contributed by atoms with Crippen LogP contribution in [0.2, 0.25) is 5.02 Å². The number of fused-ring (bicyclic) bond motifs is 3. The monoisotopic (exact) mass is 556 g/mol. The minimum atomic E-state index is -0.353. The highest BCUT2D eigenvalue weighted by Crippen LogP contribution is 2.34. The zero-order chi connectivity index (χ0) is 28.2. The summed E-state index contributed by atoms with van der Waals surface area (Å²) < 4.78 is 14.8. The van der Waals surface area contributed by atoms with Crippen LogP contribution in [-0.4, -0.2) is 65.6 Å². The first-order valence-electron chi connectivity index (χ1n) is 13.0. The van der Waals surface area contributed by atoms with Crippen LogP contribution in [0.25, 0.3) is 11.3 Å². The molecule has 1 N–H and O–H groups in total. The molecule has 40 heavy (non-hydrogen) atoms. The number of nitrogens with zero attached hydrogens (tertiary/aromatic N) is 5. The summed E-state index contributed by atoms with van der Waals surface area (Å²) in [5, 5.41) is 3.76. The van der Waals surface area contributed by atoms with Gasteiger partial charge in [-0.25, -0.2) is 14.4 Å². The molecule has 5 rings (SSSR count). The first kappa shape index (κ1) is 27.4. The maximum absolute atomic E-state index is 14.8. The van der Waals surface area contributed by atoms with Gasteiger partial charge in [-0.3, -0.25) is 9.79 Å². The van der Waals surface area contributed by atoms with E-state index in [0.717, 1.165) is 29.8 Å². The molecule has 0 unspecified atom stereocenters. The summed E-state index contributed by atoms with van der Waals surface area (Å²) in [5.41, 5.74) is 5.31. The number of carbonyl (C=O) groups is 1. The van der Waals surface area contributed by atoms with Crippen molar-refractivity contribution in [2.24, 2.45) is 4.99 Å². The van der Waals surface area contributed by atoms with Gasteiger partial charge in [0.1, 0.15) is 5.82 Å². The number of rotatable bonds is 8. The summed E-state index contributed by atoms with van der Waals surface area (Å²) >= 11 is 6.36. The van der Waals surface area contributed by atoms with Gasteiger partial charge in [0.2, 0.25) is 5.95 Å². The van der Waals surface area contributed by atoms with Crippen molar-refractivity contribution in [1.82, 2.24) is 19.8 Å². The number of aromatic nitrogens is 2. The zero-order valence-corrected chi connectivity index (χ0v) is 23.4. The largest absolute Gasteiger partial charge is 0.342 e. The summed E-state index contributed by atoms with van der Waals surface area (Å²) in [6.45, 7) is 1.91. The summed E-state index contributed by atoms with van der Waals surface area (Å²) in [5.74, 6) is 0.0228. The predicted octanol–water partition coefficient (Wildman–Crippen LogP) is 6.05. The molecule has 0 spiro atoms. The summed E-state index contributed by atoms with van der Waals surface area (Å²) in [6, 6.07) is 19.3. The Labute approximate surface area is 238 Å². The third-order valence-electron chi connectivity index (χ3n) is 6.73. The van der Waals surface area contributed by atoms with Gasteiger partial charge in [0.05, 0.1) is 18.0 Å². The predicted molar refractivity (Wildman–Crippen MR) is 158 cm³/mol. The molecule has 1 amide bonds. The number of amides is 1. The lowest BCUT2D eigenvalue weighted by Crippen LogP contribution is -2.29. The lowest BCUT2D eigenvalue weighted by Gasteiger charge is -2.18. The summed E-state index contributed by atoms with van der Waals surface area (Å²) in [6.07, 6.45) is 2.64. The quantitative estimate of drug-likeness (QED) is 0.286. The Balaban J connectivity index is 1.38. The Morgan fingerprint density at radius 1 is 0.975 bits per heavy atom. The first-order valence-corrected chi connectivity index (χ1v) is 13.4. The molecule has 7 nitrogen and oxygen atoms in total. The third kappa shape index (κ3) is 6.03.